The summed E-state index contributed by atoms with van der Waals surface area (Å²) in [6.45, 7) is 4.06. The van der Waals surface area contributed by atoms with Crippen LogP contribution in [0, 0.1) is 13.8 Å². The van der Waals surface area contributed by atoms with Gasteiger partial charge in [0.2, 0.25) is 0 Å². The van der Waals surface area contributed by atoms with Gasteiger partial charge in [-0.05, 0) is 37.0 Å². The summed E-state index contributed by atoms with van der Waals surface area (Å²) in [4.78, 5) is 0. The predicted octanol–water partition coefficient (Wildman–Crippen LogP) is 4.11. The second-order valence-electron chi connectivity index (χ2n) is 6.80. The molecule has 1 atom stereocenters. The van der Waals surface area contributed by atoms with E-state index in [2.05, 4.69) is 0 Å². The molecular formula is C23H25NO. The molecule has 0 saturated carbocycles. The van der Waals surface area contributed by atoms with E-state index in [0.29, 0.717) is 6.42 Å². The van der Waals surface area contributed by atoms with Crippen molar-refractivity contribution in [2.75, 3.05) is 0 Å². The molecule has 25 heavy (non-hydrogen) atoms. The third-order valence-electron chi connectivity index (χ3n) is 4.75. The summed E-state index contributed by atoms with van der Waals surface area (Å²) >= 11 is 0. The lowest BCUT2D eigenvalue weighted by atomic mass is 9.77. The van der Waals surface area contributed by atoms with Crippen LogP contribution < -0.4 is 5.73 Å². The average Bonchev–Trinajstić information content (AvgIpc) is 2.62. The highest BCUT2D eigenvalue weighted by molar-refractivity contribution is 5.41. The maximum Gasteiger partial charge on any atom is 0.130 e. The highest BCUT2D eigenvalue weighted by atomic mass is 16.3. The molecular weight excluding hydrogens is 306 g/mol. The second kappa shape index (κ2) is 7.22. The lowest BCUT2D eigenvalue weighted by Crippen LogP contribution is -2.47. The zero-order chi connectivity index (χ0) is 17.9. The molecule has 2 nitrogen and oxygen atoms in total. The second-order valence-corrected chi connectivity index (χ2v) is 6.80. The van der Waals surface area contributed by atoms with Crippen LogP contribution in [0.2, 0.25) is 0 Å². The standard InChI is InChI=1S/C23H25NO/c1-17-8-6-12-20(14-17)23(25,21-13-7-9-18(2)15-21)22(24)16-19-10-4-3-5-11-19/h3-15,22,25H,16,24H2,1-2H3/t22-/m1/s1. The van der Waals surface area contributed by atoms with E-state index in [1.165, 1.54) is 0 Å². The largest absolute Gasteiger partial charge is 0.379 e. The monoisotopic (exact) mass is 331 g/mol. The number of aryl methyl sites for hydroxylation is 2. The van der Waals surface area contributed by atoms with Crippen LogP contribution in [0.3, 0.4) is 0 Å². The van der Waals surface area contributed by atoms with Gasteiger partial charge in [0, 0.05) is 6.04 Å². The Hall–Kier alpha value is -2.42. The van der Waals surface area contributed by atoms with Crippen LogP contribution in [0.1, 0.15) is 27.8 Å². The van der Waals surface area contributed by atoms with Gasteiger partial charge in [-0.25, -0.2) is 0 Å². The number of hydrogen-bond acceptors (Lipinski definition) is 2. The Kier molecular flexibility index (Phi) is 5.03. The molecule has 3 rings (SSSR count). The molecule has 0 amide bonds. The number of aliphatic hydroxyl groups is 1. The Morgan fingerprint density at radius 3 is 1.80 bits per heavy atom. The van der Waals surface area contributed by atoms with Crippen molar-refractivity contribution in [3.05, 3.63) is 107 Å². The molecule has 3 aromatic carbocycles. The van der Waals surface area contributed by atoms with Gasteiger partial charge in [-0.3, -0.25) is 0 Å². The van der Waals surface area contributed by atoms with Crippen molar-refractivity contribution in [1.82, 2.24) is 0 Å². The fourth-order valence-corrected chi connectivity index (χ4v) is 3.37. The topological polar surface area (TPSA) is 46.2 Å². The van der Waals surface area contributed by atoms with E-state index < -0.39 is 11.6 Å². The molecule has 0 aliphatic carbocycles. The first-order chi connectivity index (χ1) is 12.0. The quantitative estimate of drug-likeness (QED) is 0.739. The van der Waals surface area contributed by atoms with Gasteiger partial charge in [0.25, 0.3) is 0 Å². The predicted molar refractivity (Wildman–Crippen MR) is 103 cm³/mol. The Morgan fingerprint density at radius 1 is 0.800 bits per heavy atom. The third-order valence-corrected chi connectivity index (χ3v) is 4.75. The summed E-state index contributed by atoms with van der Waals surface area (Å²) in [6, 6.07) is 25.6. The van der Waals surface area contributed by atoms with Crippen molar-refractivity contribution in [2.24, 2.45) is 5.73 Å². The number of benzene rings is 3. The summed E-state index contributed by atoms with van der Waals surface area (Å²) in [5.74, 6) is 0. The van der Waals surface area contributed by atoms with Gasteiger partial charge in [-0.1, -0.05) is 90.0 Å². The lowest BCUT2D eigenvalue weighted by Gasteiger charge is -2.36. The third kappa shape index (κ3) is 3.65. The van der Waals surface area contributed by atoms with Crippen molar-refractivity contribution in [1.29, 1.82) is 0 Å². The average molecular weight is 331 g/mol. The van der Waals surface area contributed by atoms with Crippen molar-refractivity contribution in [3.63, 3.8) is 0 Å². The summed E-state index contributed by atoms with van der Waals surface area (Å²) in [7, 11) is 0. The Labute approximate surface area is 150 Å². The first-order valence-electron chi connectivity index (χ1n) is 8.66. The molecule has 3 N–H and O–H groups in total. The van der Waals surface area contributed by atoms with Crippen LogP contribution in [0.5, 0.6) is 0 Å². The van der Waals surface area contributed by atoms with Crippen LogP contribution in [0.4, 0.5) is 0 Å². The molecule has 0 fully saturated rings. The molecule has 0 heterocycles. The molecule has 0 saturated heterocycles. The van der Waals surface area contributed by atoms with Gasteiger partial charge >= 0.3 is 0 Å². The minimum atomic E-state index is -1.24. The summed E-state index contributed by atoms with van der Waals surface area (Å²) in [6.07, 6.45) is 0.596. The van der Waals surface area contributed by atoms with Crippen LogP contribution in [-0.2, 0) is 12.0 Å². The highest BCUT2D eigenvalue weighted by Crippen LogP contribution is 2.34. The van der Waals surface area contributed by atoms with Crippen LogP contribution in [-0.4, -0.2) is 11.1 Å². The van der Waals surface area contributed by atoms with Crippen LogP contribution in [0.15, 0.2) is 78.9 Å². The maximum atomic E-state index is 11.8. The smallest absolute Gasteiger partial charge is 0.130 e. The molecule has 2 heteroatoms. The van der Waals surface area contributed by atoms with E-state index in [-0.39, 0.29) is 0 Å². The summed E-state index contributed by atoms with van der Waals surface area (Å²) in [5, 5.41) is 11.8. The normalized spacial score (nSPS) is 12.8. The minimum Gasteiger partial charge on any atom is -0.379 e. The van der Waals surface area contributed by atoms with Crippen LogP contribution >= 0.6 is 0 Å². The van der Waals surface area contributed by atoms with E-state index in [1.807, 2.05) is 92.7 Å². The fourth-order valence-electron chi connectivity index (χ4n) is 3.37. The van der Waals surface area contributed by atoms with E-state index in [0.717, 1.165) is 27.8 Å². The minimum absolute atomic E-state index is 0.460. The van der Waals surface area contributed by atoms with Crippen LogP contribution in [0.25, 0.3) is 0 Å². The SMILES string of the molecule is Cc1cccc(C(O)(c2cccc(C)c2)[C@H](N)Cc2ccccc2)c1. The molecule has 0 bridgehead atoms. The molecule has 0 aliphatic heterocycles. The Balaban J connectivity index is 2.08. The van der Waals surface area contributed by atoms with Gasteiger partial charge < -0.3 is 10.8 Å². The molecule has 128 valence electrons. The van der Waals surface area contributed by atoms with Gasteiger partial charge in [0.1, 0.15) is 5.60 Å². The van der Waals surface area contributed by atoms with E-state index >= 15 is 0 Å². The summed E-state index contributed by atoms with van der Waals surface area (Å²) in [5.41, 5.74) is 10.4. The highest BCUT2D eigenvalue weighted by Gasteiger charge is 2.38. The molecule has 0 aliphatic rings. The molecule has 0 unspecified atom stereocenters. The van der Waals surface area contributed by atoms with Gasteiger partial charge in [-0.2, -0.15) is 0 Å². The zero-order valence-electron chi connectivity index (χ0n) is 14.8. The molecule has 0 aromatic heterocycles. The Morgan fingerprint density at radius 2 is 1.32 bits per heavy atom. The first kappa shape index (κ1) is 17.4. The van der Waals surface area contributed by atoms with E-state index in [1.54, 1.807) is 0 Å². The maximum absolute atomic E-state index is 11.8. The fraction of sp³-hybridized carbons (Fsp3) is 0.217. The molecule has 0 spiro atoms. The van der Waals surface area contributed by atoms with E-state index in [9.17, 15) is 5.11 Å². The number of hydrogen-bond donors (Lipinski definition) is 2. The van der Waals surface area contributed by atoms with Crippen molar-refractivity contribution >= 4 is 0 Å². The van der Waals surface area contributed by atoms with Gasteiger partial charge in [-0.15, -0.1) is 0 Å². The van der Waals surface area contributed by atoms with Crippen molar-refractivity contribution in [2.45, 2.75) is 31.9 Å². The number of nitrogens with two attached hydrogens (primary N) is 1. The summed E-state index contributed by atoms with van der Waals surface area (Å²) < 4.78 is 0. The van der Waals surface area contributed by atoms with E-state index in [4.69, 9.17) is 5.73 Å². The first-order valence-corrected chi connectivity index (χ1v) is 8.66. The molecule has 0 radical (unpaired) electrons. The Bertz CT molecular complexity index is 796. The van der Waals surface area contributed by atoms with Gasteiger partial charge in [0.05, 0.1) is 0 Å². The van der Waals surface area contributed by atoms with Gasteiger partial charge in [0.15, 0.2) is 0 Å². The molecule has 3 aromatic rings. The zero-order valence-corrected chi connectivity index (χ0v) is 14.8. The lowest BCUT2D eigenvalue weighted by molar-refractivity contribution is 0.0515. The number of rotatable bonds is 5. The van der Waals surface area contributed by atoms with Crippen molar-refractivity contribution in [3.8, 4) is 0 Å². The van der Waals surface area contributed by atoms with Crippen molar-refractivity contribution < 1.29 is 5.11 Å².